The molecule has 306 valence electrons. The molecule has 3 aliphatic carbocycles. The molecular formula is C43H50O12S2. The van der Waals surface area contributed by atoms with E-state index in [4.69, 9.17) is 23.7 Å². The monoisotopic (exact) mass is 822 g/mol. The molecule has 0 heterocycles. The first-order valence-electron chi connectivity index (χ1n) is 18.9. The predicted octanol–water partition coefficient (Wildman–Crippen LogP) is 6.57. The van der Waals surface area contributed by atoms with Crippen LogP contribution in [0.15, 0.2) is 82.1 Å². The normalized spacial score (nSPS) is 31.0. The van der Waals surface area contributed by atoms with Gasteiger partial charge in [0.25, 0.3) is 0 Å². The SMILES string of the molecule is CC(=O)OC(C)[C@@]1(COC(=O)C(Sc2ccccc2)Sc2ccccc2)[C@@H](OC(C)=O)[C@@H](OC(C)=O)[C@H]2[C@@](C)(CC[C@H]3C(=O)C(C)=C[C@@H](OC(C)=O)[C@@]32C)[C@@H]1C=O. The molecule has 14 heteroatoms. The van der Waals surface area contributed by atoms with Crippen LogP contribution in [0.5, 0.6) is 0 Å². The second-order valence-electron chi connectivity index (χ2n) is 15.6. The molecule has 0 spiro atoms. The molecule has 0 amide bonds. The summed E-state index contributed by atoms with van der Waals surface area (Å²) in [4.78, 5) is 95.8. The van der Waals surface area contributed by atoms with Gasteiger partial charge in [-0.05, 0) is 68.0 Å². The van der Waals surface area contributed by atoms with Gasteiger partial charge in [0, 0.05) is 60.7 Å². The lowest BCUT2D eigenvalue weighted by atomic mass is 9.37. The molecule has 2 fully saturated rings. The molecule has 2 aromatic carbocycles. The summed E-state index contributed by atoms with van der Waals surface area (Å²) in [5.74, 6) is -6.72. The molecule has 0 N–H and O–H groups in total. The van der Waals surface area contributed by atoms with Crippen LogP contribution in [0.25, 0.3) is 0 Å². The number of allylic oxidation sites excluding steroid dienone is 1. The molecule has 0 radical (unpaired) electrons. The number of thioether (sulfide) groups is 2. The summed E-state index contributed by atoms with van der Waals surface area (Å²) in [6, 6.07) is 18.5. The Hall–Kier alpha value is -4.43. The highest BCUT2D eigenvalue weighted by molar-refractivity contribution is 8.18. The van der Waals surface area contributed by atoms with E-state index < -0.39 is 99.4 Å². The first-order valence-corrected chi connectivity index (χ1v) is 20.6. The highest BCUT2D eigenvalue weighted by atomic mass is 32.2. The van der Waals surface area contributed by atoms with Crippen LogP contribution >= 0.6 is 23.5 Å². The lowest BCUT2D eigenvalue weighted by molar-refractivity contribution is -0.292. The van der Waals surface area contributed by atoms with Crippen LogP contribution in [0.2, 0.25) is 0 Å². The summed E-state index contributed by atoms with van der Waals surface area (Å²) in [6.07, 6.45) is -2.54. The second kappa shape index (κ2) is 17.6. The van der Waals surface area contributed by atoms with Crippen LogP contribution in [0.4, 0.5) is 0 Å². The molecule has 12 nitrogen and oxygen atoms in total. The highest BCUT2D eigenvalue weighted by Gasteiger charge is 2.76. The highest BCUT2D eigenvalue weighted by Crippen LogP contribution is 2.69. The van der Waals surface area contributed by atoms with E-state index in [1.165, 1.54) is 51.2 Å². The zero-order valence-electron chi connectivity index (χ0n) is 33.4. The molecule has 1 unspecified atom stereocenters. The van der Waals surface area contributed by atoms with Gasteiger partial charge >= 0.3 is 29.8 Å². The Morgan fingerprint density at radius 3 is 1.86 bits per heavy atom. The first-order chi connectivity index (χ1) is 26.9. The van der Waals surface area contributed by atoms with Crippen molar-refractivity contribution in [1.29, 1.82) is 0 Å². The van der Waals surface area contributed by atoms with Crippen molar-refractivity contribution >= 4 is 65.4 Å². The van der Waals surface area contributed by atoms with Crippen molar-refractivity contribution in [3.63, 3.8) is 0 Å². The number of ether oxygens (including phenoxy) is 5. The number of carbonyl (C=O) groups is 7. The molecule has 0 aliphatic heterocycles. The average molecular weight is 823 g/mol. The van der Waals surface area contributed by atoms with Crippen molar-refractivity contribution in [2.45, 2.75) is 107 Å². The number of aldehydes is 1. The first kappa shape index (κ1) is 43.7. The predicted molar refractivity (Wildman–Crippen MR) is 210 cm³/mol. The van der Waals surface area contributed by atoms with Crippen LogP contribution in [-0.4, -0.2) is 77.5 Å². The number of hydrogen-bond donors (Lipinski definition) is 0. The van der Waals surface area contributed by atoms with E-state index in [1.54, 1.807) is 19.9 Å². The zero-order valence-corrected chi connectivity index (χ0v) is 35.0. The summed E-state index contributed by atoms with van der Waals surface area (Å²) in [6.45, 7) is 10.9. The second-order valence-corrected chi connectivity index (χ2v) is 18.2. The lowest BCUT2D eigenvalue weighted by Gasteiger charge is -2.68. The molecule has 57 heavy (non-hydrogen) atoms. The Labute approximate surface area is 341 Å². The minimum absolute atomic E-state index is 0.187. The van der Waals surface area contributed by atoms with Crippen molar-refractivity contribution in [1.82, 2.24) is 0 Å². The third-order valence-electron chi connectivity index (χ3n) is 12.0. The molecule has 0 bridgehead atoms. The number of ketones is 1. The number of Topliss-reactive ketones (excluding diaryl/α,β-unsaturated/α-hetero) is 1. The number of carbonyl (C=O) groups excluding carboxylic acids is 7. The number of rotatable bonds is 13. The van der Waals surface area contributed by atoms with Gasteiger partial charge in [0.05, 0.1) is 5.41 Å². The largest absolute Gasteiger partial charge is 0.463 e. The summed E-state index contributed by atoms with van der Waals surface area (Å²) in [7, 11) is 0. The summed E-state index contributed by atoms with van der Waals surface area (Å²) in [5, 5.41) is 0. The number of esters is 5. The van der Waals surface area contributed by atoms with Crippen molar-refractivity contribution in [2.75, 3.05) is 6.61 Å². The van der Waals surface area contributed by atoms with Crippen LogP contribution in [-0.2, 0) is 57.2 Å². The fourth-order valence-electron chi connectivity index (χ4n) is 9.81. The third-order valence-corrected chi connectivity index (χ3v) is 14.5. The smallest absolute Gasteiger partial charge is 0.330 e. The van der Waals surface area contributed by atoms with E-state index in [9.17, 15) is 33.6 Å². The van der Waals surface area contributed by atoms with Crippen LogP contribution in [0.1, 0.15) is 68.2 Å². The van der Waals surface area contributed by atoms with E-state index in [1.807, 2.05) is 67.6 Å². The average Bonchev–Trinajstić information content (AvgIpc) is 3.13. The zero-order chi connectivity index (χ0) is 41.9. The molecule has 10 atom stereocenters. The number of benzene rings is 2. The van der Waals surface area contributed by atoms with Crippen molar-refractivity contribution < 1.29 is 57.2 Å². The van der Waals surface area contributed by atoms with Crippen molar-refractivity contribution in [3.05, 3.63) is 72.3 Å². The van der Waals surface area contributed by atoms with Crippen molar-refractivity contribution in [3.8, 4) is 0 Å². The standard InChI is InChI=1S/C43H50O12S2/c1-24-21-34(53-27(4)46)42(8)32(35(24)49)19-20-41(7)33(22-44)43(25(2)52-26(3)45,38(55-29(6)48)36(37(41)42)54-28(5)47)23-51-39(50)40(56-30-15-11-9-12-16-30)57-31-17-13-10-14-18-31/h9-18,21-22,25,32-34,36-38,40H,19-20,23H2,1-8H3/t25?,32-,33-,34+,36-,37-,38-,41-,42+,43+/m0/s1. The van der Waals surface area contributed by atoms with Gasteiger partial charge in [-0.25, -0.2) is 4.79 Å². The summed E-state index contributed by atoms with van der Waals surface area (Å²) < 4.78 is 29.5. The van der Waals surface area contributed by atoms with Crippen LogP contribution in [0, 0.1) is 34.0 Å². The molecule has 0 aromatic heterocycles. The van der Waals surface area contributed by atoms with E-state index in [0.29, 0.717) is 11.9 Å². The van der Waals surface area contributed by atoms with E-state index in [2.05, 4.69) is 0 Å². The maximum atomic E-state index is 14.4. The fourth-order valence-corrected chi connectivity index (χ4v) is 12.1. The van der Waals surface area contributed by atoms with Gasteiger partial charge in [-0.3, -0.25) is 24.0 Å². The van der Waals surface area contributed by atoms with Gasteiger partial charge in [-0.2, -0.15) is 0 Å². The number of fused-ring (bicyclic) bond motifs is 3. The minimum Gasteiger partial charge on any atom is -0.463 e. The Bertz CT molecular complexity index is 1860. The van der Waals surface area contributed by atoms with Crippen LogP contribution in [0.3, 0.4) is 0 Å². The summed E-state index contributed by atoms with van der Waals surface area (Å²) in [5.41, 5.74) is -3.97. The molecular weight excluding hydrogens is 773 g/mol. The minimum atomic E-state index is -1.84. The summed E-state index contributed by atoms with van der Waals surface area (Å²) >= 11 is 2.52. The van der Waals surface area contributed by atoms with E-state index in [0.717, 1.165) is 16.7 Å². The van der Waals surface area contributed by atoms with E-state index in [-0.39, 0.29) is 18.6 Å². The third kappa shape index (κ3) is 8.57. The maximum Gasteiger partial charge on any atom is 0.330 e. The molecule has 2 saturated carbocycles. The Kier molecular flexibility index (Phi) is 13.5. The molecule has 5 rings (SSSR count). The maximum absolute atomic E-state index is 14.4. The number of hydrogen-bond acceptors (Lipinski definition) is 14. The Balaban J connectivity index is 1.71. The Morgan fingerprint density at radius 1 is 0.825 bits per heavy atom. The Morgan fingerprint density at radius 2 is 1.37 bits per heavy atom. The van der Waals surface area contributed by atoms with Gasteiger partial charge in [0.15, 0.2) is 16.5 Å². The van der Waals surface area contributed by atoms with Gasteiger partial charge in [0.1, 0.15) is 31.2 Å². The topological polar surface area (TPSA) is 166 Å². The van der Waals surface area contributed by atoms with Gasteiger partial charge in [-0.15, -0.1) is 0 Å². The fraction of sp³-hybridized carbons (Fsp3) is 0.512. The molecule has 2 aromatic rings. The van der Waals surface area contributed by atoms with Gasteiger partial charge < -0.3 is 28.5 Å². The lowest BCUT2D eigenvalue weighted by Crippen LogP contribution is -2.76. The molecule has 3 aliphatic rings. The van der Waals surface area contributed by atoms with Gasteiger partial charge in [-0.1, -0.05) is 73.8 Å². The quantitative estimate of drug-likeness (QED) is 0.0700. The van der Waals surface area contributed by atoms with Gasteiger partial charge in [0.2, 0.25) is 0 Å². The molecule has 0 saturated heterocycles. The van der Waals surface area contributed by atoms with E-state index >= 15 is 0 Å². The van der Waals surface area contributed by atoms with Crippen molar-refractivity contribution in [2.24, 2.45) is 34.0 Å². The van der Waals surface area contributed by atoms with Crippen LogP contribution < -0.4 is 0 Å².